The van der Waals surface area contributed by atoms with E-state index in [2.05, 4.69) is 72.5 Å². The van der Waals surface area contributed by atoms with E-state index in [0.717, 1.165) is 24.2 Å². The number of hydrogen-bond donors (Lipinski definition) is 0. The molecule has 0 aromatic carbocycles. The highest BCUT2D eigenvalue weighted by molar-refractivity contribution is 5.02. The van der Waals surface area contributed by atoms with Crippen molar-refractivity contribution in [2.45, 2.75) is 132 Å². The molecule has 4 unspecified atom stereocenters. The highest BCUT2D eigenvalue weighted by atomic mass is 14.2. The zero-order valence-electron chi connectivity index (χ0n) is 21.2. The number of hydrogen-bond acceptors (Lipinski definition) is 0. The molecule has 0 saturated carbocycles. The van der Waals surface area contributed by atoms with Crippen molar-refractivity contribution < 1.29 is 0 Å². The highest BCUT2D eigenvalue weighted by Gasteiger charge is 2.11. The topological polar surface area (TPSA) is 0 Å². The van der Waals surface area contributed by atoms with Crippen molar-refractivity contribution in [2.24, 2.45) is 29.6 Å². The fourth-order valence-electron chi connectivity index (χ4n) is 4.09. The molecule has 0 aliphatic heterocycles. The minimum atomic E-state index is 0.553. The maximum absolute atomic E-state index is 3.54. The van der Waals surface area contributed by atoms with Crippen LogP contribution in [0.4, 0.5) is 0 Å². The second kappa shape index (κ2) is 19.3. The quantitative estimate of drug-likeness (QED) is 0.129. The molecule has 0 N–H and O–H groups in total. The lowest BCUT2D eigenvalue weighted by molar-refractivity contribution is 0.335. The Morgan fingerprint density at radius 2 is 1.38 bits per heavy atom. The summed E-state index contributed by atoms with van der Waals surface area (Å²) in [5.41, 5.74) is 0. The Hall–Kier alpha value is -0.700. The third-order valence-corrected chi connectivity index (χ3v) is 6.40. The molecule has 0 heterocycles. The predicted octanol–water partition coefficient (Wildman–Crippen LogP) is 9.84. The Kier molecular flexibility index (Phi) is 18.8. The molecule has 0 aliphatic carbocycles. The van der Waals surface area contributed by atoms with Gasteiger partial charge in [0.15, 0.2) is 0 Å². The van der Waals surface area contributed by atoms with Gasteiger partial charge in [0.1, 0.15) is 0 Å². The number of allylic oxidation sites excluding steroid dienone is 2. The van der Waals surface area contributed by atoms with Crippen LogP contribution < -0.4 is 0 Å². The van der Waals surface area contributed by atoms with Gasteiger partial charge in [0, 0.05) is 12.3 Å². The van der Waals surface area contributed by atoms with E-state index in [9.17, 15) is 0 Å². The monoisotopic (exact) mass is 402 g/mol. The molecule has 170 valence electrons. The summed E-state index contributed by atoms with van der Waals surface area (Å²) < 4.78 is 0. The first kappa shape index (κ1) is 28.3. The lowest BCUT2D eigenvalue weighted by Gasteiger charge is -2.18. The zero-order chi connectivity index (χ0) is 21.9. The Morgan fingerprint density at radius 1 is 0.724 bits per heavy atom. The molecule has 0 radical (unpaired) electrons. The maximum atomic E-state index is 3.54. The standard InChI is InChI=1S/C29H54/c1-8-9-10-11-16-22-28(6)29(7)23-18-17-21-27(5)24-26(4)20-15-13-12-14-19-25(2)3/h14,19,25-29H,8-13,15-16,18,20,22-24H2,1-7H3. The van der Waals surface area contributed by atoms with E-state index in [1.54, 1.807) is 0 Å². The molecule has 0 bridgehead atoms. The van der Waals surface area contributed by atoms with Crippen LogP contribution in [-0.2, 0) is 0 Å². The smallest absolute Gasteiger partial charge is 0.0177 e. The van der Waals surface area contributed by atoms with Crippen LogP contribution in [0.1, 0.15) is 132 Å². The van der Waals surface area contributed by atoms with Gasteiger partial charge in [-0.1, -0.05) is 112 Å². The van der Waals surface area contributed by atoms with Gasteiger partial charge in [0.25, 0.3) is 0 Å². The summed E-state index contributed by atoms with van der Waals surface area (Å²) in [5.74, 6) is 10.7. The Labute approximate surface area is 185 Å². The summed E-state index contributed by atoms with van der Waals surface area (Å²) in [4.78, 5) is 0. The van der Waals surface area contributed by atoms with E-state index in [1.807, 2.05) is 0 Å². The van der Waals surface area contributed by atoms with E-state index >= 15 is 0 Å². The largest absolute Gasteiger partial charge is 0.103 e. The van der Waals surface area contributed by atoms with Crippen LogP contribution in [0.5, 0.6) is 0 Å². The summed E-state index contributed by atoms with van der Waals surface area (Å²) in [5, 5.41) is 0. The summed E-state index contributed by atoms with van der Waals surface area (Å²) in [6.07, 6.45) is 22.0. The third kappa shape index (κ3) is 19.0. The normalized spacial score (nSPS) is 15.9. The van der Waals surface area contributed by atoms with Gasteiger partial charge in [0.2, 0.25) is 0 Å². The van der Waals surface area contributed by atoms with Crippen LogP contribution in [0.2, 0.25) is 0 Å². The van der Waals surface area contributed by atoms with Crippen LogP contribution in [0.25, 0.3) is 0 Å². The van der Waals surface area contributed by atoms with Crippen molar-refractivity contribution in [1.82, 2.24) is 0 Å². The number of unbranched alkanes of at least 4 members (excludes halogenated alkanes) is 6. The molecular weight excluding hydrogens is 348 g/mol. The van der Waals surface area contributed by atoms with Gasteiger partial charge in [-0.15, -0.1) is 11.8 Å². The minimum Gasteiger partial charge on any atom is -0.103 e. The van der Waals surface area contributed by atoms with Gasteiger partial charge in [-0.2, -0.15) is 0 Å². The van der Waals surface area contributed by atoms with Gasteiger partial charge < -0.3 is 0 Å². The van der Waals surface area contributed by atoms with Gasteiger partial charge in [-0.25, -0.2) is 0 Å². The first-order chi connectivity index (χ1) is 13.9. The summed E-state index contributed by atoms with van der Waals surface area (Å²) in [6, 6.07) is 0. The highest BCUT2D eigenvalue weighted by Crippen LogP contribution is 2.23. The first-order valence-electron chi connectivity index (χ1n) is 13.0. The second-order valence-electron chi connectivity index (χ2n) is 10.2. The Bertz CT molecular complexity index is 433. The van der Waals surface area contributed by atoms with Gasteiger partial charge >= 0.3 is 0 Å². The molecule has 4 atom stereocenters. The SMILES string of the molecule is CCCCCCCC(C)C(C)CCC#CC(C)CC(C)CCCCC=CC(C)C. The molecule has 29 heavy (non-hydrogen) atoms. The van der Waals surface area contributed by atoms with E-state index < -0.39 is 0 Å². The molecule has 0 spiro atoms. The molecule has 0 nitrogen and oxygen atoms in total. The van der Waals surface area contributed by atoms with Crippen LogP contribution in [0, 0.1) is 41.4 Å². The van der Waals surface area contributed by atoms with Crippen molar-refractivity contribution in [3.8, 4) is 11.8 Å². The van der Waals surface area contributed by atoms with Gasteiger partial charge in [0.05, 0.1) is 0 Å². The second-order valence-corrected chi connectivity index (χ2v) is 10.2. The van der Waals surface area contributed by atoms with Gasteiger partial charge in [-0.05, 0) is 49.4 Å². The minimum absolute atomic E-state index is 0.553. The lowest BCUT2D eigenvalue weighted by atomic mass is 9.87. The third-order valence-electron chi connectivity index (χ3n) is 6.40. The van der Waals surface area contributed by atoms with E-state index in [-0.39, 0.29) is 0 Å². The molecule has 0 fully saturated rings. The van der Waals surface area contributed by atoms with Crippen LogP contribution in [0.3, 0.4) is 0 Å². The molecule has 0 aliphatic rings. The van der Waals surface area contributed by atoms with Crippen molar-refractivity contribution >= 4 is 0 Å². The van der Waals surface area contributed by atoms with Gasteiger partial charge in [-0.3, -0.25) is 0 Å². The molecule has 0 rings (SSSR count). The summed E-state index contributed by atoms with van der Waals surface area (Å²) in [6.45, 7) is 16.4. The van der Waals surface area contributed by atoms with E-state index in [0.29, 0.717) is 11.8 Å². The summed E-state index contributed by atoms with van der Waals surface area (Å²) >= 11 is 0. The maximum Gasteiger partial charge on any atom is 0.0177 e. The van der Waals surface area contributed by atoms with Crippen molar-refractivity contribution in [2.75, 3.05) is 0 Å². The molecular formula is C29H54. The molecule has 0 heteroatoms. The molecule has 0 aromatic heterocycles. The Balaban J connectivity index is 3.82. The van der Waals surface area contributed by atoms with Crippen LogP contribution in [0.15, 0.2) is 12.2 Å². The van der Waals surface area contributed by atoms with Crippen molar-refractivity contribution in [3.63, 3.8) is 0 Å². The summed E-state index contributed by atoms with van der Waals surface area (Å²) in [7, 11) is 0. The molecule has 0 amide bonds. The zero-order valence-corrected chi connectivity index (χ0v) is 21.2. The van der Waals surface area contributed by atoms with Crippen molar-refractivity contribution in [3.05, 3.63) is 12.2 Å². The lowest BCUT2D eigenvalue weighted by Crippen LogP contribution is -2.07. The molecule has 0 aromatic rings. The first-order valence-corrected chi connectivity index (χ1v) is 13.0. The predicted molar refractivity (Wildman–Crippen MR) is 134 cm³/mol. The fourth-order valence-corrected chi connectivity index (χ4v) is 4.09. The van der Waals surface area contributed by atoms with E-state index in [4.69, 9.17) is 0 Å². The average molecular weight is 403 g/mol. The van der Waals surface area contributed by atoms with E-state index in [1.165, 1.54) is 77.0 Å². The van der Waals surface area contributed by atoms with Crippen LogP contribution in [-0.4, -0.2) is 0 Å². The fraction of sp³-hybridized carbons (Fsp3) is 0.862. The number of rotatable bonds is 17. The molecule has 0 saturated heterocycles. The van der Waals surface area contributed by atoms with Crippen LogP contribution >= 0.6 is 0 Å². The Morgan fingerprint density at radius 3 is 2.07 bits per heavy atom. The average Bonchev–Trinajstić information content (AvgIpc) is 2.67. The van der Waals surface area contributed by atoms with Crippen molar-refractivity contribution in [1.29, 1.82) is 0 Å².